The van der Waals surface area contributed by atoms with Crippen LogP contribution in [0, 0.1) is 0 Å². The molecule has 0 bridgehead atoms. The highest BCUT2D eigenvalue weighted by Gasteiger charge is 2.20. The van der Waals surface area contributed by atoms with E-state index < -0.39 is 0 Å². The third kappa shape index (κ3) is 4.47. The van der Waals surface area contributed by atoms with Crippen molar-refractivity contribution in [3.05, 3.63) is 0 Å². The van der Waals surface area contributed by atoms with Crippen LogP contribution < -0.4 is 5.32 Å². The summed E-state index contributed by atoms with van der Waals surface area (Å²) in [5, 5.41) is 3.38. The van der Waals surface area contributed by atoms with Gasteiger partial charge in [0.1, 0.15) is 6.61 Å². The van der Waals surface area contributed by atoms with E-state index in [1.807, 2.05) is 4.90 Å². The zero-order chi connectivity index (χ0) is 11.8. The maximum Gasteiger partial charge on any atom is 0.248 e. The first kappa shape index (κ1) is 13.4. The van der Waals surface area contributed by atoms with Crippen LogP contribution >= 0.6 is 0 Å². The highest BCUT2D eigenvalue weighted by atomic mass is 16.5. The molecule has 1 atom stereocenters. The van der Waals surface area contributed by atoms with E-state index in [0.717, 1.165) is 19.5 Å². The van der Waals surface area contributed by atoms with E-state index in [4.69, 9.17) is 9.47 Å². The van der Waals surface area contributed by atoms with Crippen molar-refractivity contribution in [1.29, 1.82) is 0 Å². The van der Waals surface area contributed by atoms with Gasteiger partial charge in [-0.25, -0.2) is 0 Å². The number of hydrogen-bond acceptors (Lipinski definition) is 4. The van der Waals surface area contributed by atoms with Crippen LogP contribution in [0.2, 0.25) is 0 Å². The largest absolute Gasteiger partial charge is 0.383 e. The summed E-state index contributed by atoms with van der Waals surface area (Å²) in [6, 6.07) is 0.428. The second kappa shape index (κ2) is 7.60. The lowest BCUT2D eigenvalue weighted by atomic mass is 10.2. The minimum atomic E-state index is 0.0354. The molecule has 0 aliphatic carbocycles. The van der Waals surface area contributed by atoms with Crippen molar-refractivity contribution in [3.63, 3.8) is 0 Å². The molecule has 0 aromatic heterocycles. The maximum absolute atomic E-state index is 11.8. The Labute approximate surface area is 97.1 Å². The van der Waals surface area contributed by atoms with Crippen LogP contribution in [0.5, 0.6) is 0 Å². The summed E-state index contributed by atoms with van der Waals surface area (Å²) >= 11 is 0. The summed E-state index contributed by atoms with van der Waals surface area (Å²) in [5.74, 6) is 0.0354. The third-order valence-electron chi connectivity index (χ3n) is 2.79. The standard InChI is InChI=1S/C11H22N2O3/c1-15-7-6-13(11(14)9-16-2)8-10-4-3-5-12-10/h10,12H,3-9H2,1-2H3. The lowest BCUT2D eigenvalue weighted by Gasteiger charge is -2.25. The van der Waals surface area contributed by atoms with Crippen molar-refractivity contribution in [2.45, 2.75) is 18.9 Å². The van der Waals surface area contributed by atoms with Crippen molar-refractivity contribution in [2.75, 3.05) is 47.1 Å². The van der Waals surface area contributed by atoms with Gasteiger partial charge >= 0.3 is 0 Å². The number of ether oxygens (including phenoxy) is 2. The highest BCUT2D eigenvalue weighted by Crippen LogP contribution is 2.07. The number of hydrogen-bond donors (Lipinski definition) is 1. The van der Waals surface area contributed by atoms with Crippen LogP contribution in [0.15, 0.2) is 0 Å². The number of methoxy groups -OCH3 is 2. The van der Waals surface area contributed by atoms with E-state index in [1.54, 1.807) is 14.2 Å². The monoisotopic (exact) mass is 230 g/mol. The SMILES string of the molecule is COCCN(CC1CCCN1)C(=O)COC. The van der Waals surface area contributed by atoms with Gasteiger partial charge in [0.25, 0.3) is 0 Å². The molecule has 5 heteroatoms. The number of amides is 1. The quantitative estimate of drug-likeness (QED) is 0.661. The summed E-state index contributed by atoms with van der Waals surface area (Å²) in [5.41, 5.74) is 0. The molecular weight excluding hydrogens is 208 g/mol. The Hall–Kier alpha value is -0.650. The summed E-state index contributed by atoms with van der Waals surface area (Å²) in [7, 11) is 3.19. The second-order valence-electron chi connectivity index (χ2n) is 4.06. The summed E-state index contributed by atoms with van der Waals surface area (Å²) in [6.45, 7) is 3.17. The molecule has 0 radical (unpaired) electrons. The van der Waals surface area contributed by atoms with Gasteiger partial charge < -0.3 is 19.7 Å². The summed E-state index contributed by atoms with van der Waals surface area (Å²) < 4.78 is 9.89. The molecule has 1 unspecified atom stereocenters. The summed E-state index contributed by atoms with van der Waals surface area (Å²) in [4.78, 5) is 13.6. The Balaban J connectivity index is 2.38. The number of carbonyl (C=O) groups excluding carboxylic acids is 1. The second-order valence-corrected chi connectivity index (χ2v) is 4.06. The number of nitrogens with one attached hydrogen (secondary N) is 1. The minimum absolute atomic E-state index is 0.0354. The Morgan fingerprint density at radius 2 is 2.25 bits per heavy atom. The number of rotatable bonds is 7. The van der Waals surface area contributed by atoms with Crippen LogP contribution in [0.4, 0.5) is 0 Å². The van der Waals surface area contributed by atoms with Gasteiger partial charge in [0.2, 0.25) is 5.91 Å². The van der Waals surface area contributed by atoms with E-state index in [-0.39, 0.29) is 12.5 Å². The topological polar surface area (TPSA) is 50.8 Å². The van der Waals surface area contributed by atoms with Crippen LogP contribution in [0.3, 0.4) is 0 Å². The highest BCUT2D eigenvalue weighted by molar-refractivity contribution is 5.77. The smallest absolute Gasteiger partial charge is 0.248 e. The first-order valence-electron chi connectivity index (χ1n) is 5.77. The zero-order valence-electron chi connectivity index (χ0n) is 10.2. The Morgan fingerprint density at radius 1 is 1.44 bits per heavy atom. The van der Waals surface area contributed by atoms with Crippen molar-refractivity contribution in [1.82, 2.24) is 10.2 Å². The first-order chi connectivity index (χ1) is 7.77. The lowest BCUT2D eigenvalue weighted by molar-refractivity contribution is -0.136. The fourth-order valence-electron chi connectivity index (χ4n) is 1.91. The molecule has 94 valence electrons. The van der Waals surface area contributed by atoms with E-state index >= 15 is 0 Å². The molecule has 5 nitrogen and oxygen atoms in total. The van der Waals surface area contributed by atoms with Gasteiger partial charge in [0, 0.05) is 33.4 Å². The molecule has 1 saturated heterocycles. The van der Waals surface area contributed by atoms with Crippen LogP contribution in [-0.4, -0.2) is 63.9 Å². The molecular formula is C11H22N2O3. The molecule has 0 aromatic carbocycles. The van der Waals surface area contributed by atoms with Crippen LogP contribution in [0.25, 0.3) is 0 Å². The van der Waals surface area contributed by atoms with Crippen LogP contribution in [0.1, 0.15) is 12.8 Å². The van der Waals surface area contributed by atoms with Gasteiger partial charge in [-0.1, -0.05) is 0 Å². The number of nitrogens with zero attached hydrogens (tertiary/aromatic N) is 1. The van der Waals surface area contributed by atoms with Crippen LogP contribution in [-0.2, 0) is 14.3 Å². The normalized spacial score (nSPS) is 20.0. The first-order valence-corrected chi connectivity index (χ1v) is 5.77. The zero-order valence-corrected chi connectivity index (χ0v) is 10.2. The molecule has 0 saturated carbocycles. The average Bonchev–Trinajstić information content (AvgIpc) is 2.77. The van der Waals surface area contributed by atoms with Gasteiger partial charge in [-0.3, -0.25) is 4.79 Å². The van der Waals surface area contributed by atoms with Gasteiger partial charge in [0.15, 0.2) is 0 Å². The fraction of sp³-hybridized carbons (Fsp3) is 0.909. The van der Waals surface area contributed by atoms with E-state index in [2.05, 4.69) is 5.32 Å². The molecule has 0 spiro atoms. The van der Waals surface area contributed by atoms with Crippen molar-refractivity contribution in [3.8, 4) is 0 Å². The van der Waals surface area contributed by atoms with E-state index in [1.165, 1.54) is 6.42 Å². The van der Waals surface area contributed by atoms with Crippen molar-refractivity contribution in [2.24, 2.45) is 0 Å². The van der Waals surface area contributed by atoms with E-state index in [9.17, 15) is 4.79 Å². The molecule has 1 aliphatic heterocycles. The van der Waals surface area contributed by atoms with Gasteiger partial charge in [0.05, 0.1) is 6.61 Å². The minimum Gasteiger partial charge on any atom is -0.383 e. The number of carbonyl (C=O) groups is 1. The van der Waals surface area contributed by atoms with Gasteiger partial charge in [-0.05, 0) is 19.4 Å². The van der Waals surface area contributed by atoms with Crippen molar-refractivity contribution >= 4 is 5.91 Å². The predicted octanol–water partition coefficient (Wildman–Crippen LogP) is -0.140. The van der Waals surface area contributed by atoms with Gasteiger partial charge in [-0.15, -0.1) is 0 Å². The Morgan fingerprint density at radius 3 is 2.81 bits per heavy atom. The third-order valence-corrected chi connectivity index (χ3v) is 2.79. The molecule has 1 fully saturated rings. The summed E-state index contributed by atoms with van der Waals surface area (Å²) in [6.07, 6.45) is 2.34. The average molecular weight is 230 g/mol. The Kier molecular flexibility index (Phi) is 6.37. The molecule has 1 heterocycles. The Bertz CT molecular complexity index is 205. The molecule has 1 amide bonds. The van der Waals surface area contributed by atoms with Crippen molar-refractivity contribution < 1.29 is 14.3 Å². The molecule has 1 aliphatic rings. The molecule has 1 N–H and O–H groups in total. The lowest BCUT2D eigenvalue weighted by Crippen LogP contribution is -2.44. The van der Waals surface area contributed by atoms with E-state index in [0.29, 0.717) is 19.2 Å². The predicted molar refractivity (Wildman–Crippen MR) is 61.4 cm³/mol. The fourth-order valence-corrected chi connectivity index (χ4v) is 1.91. The maximum atomic E-state index is 11.8. The molecule has 0 aromatic rings. The van der Waals surface area contributed by atoms with Gasteiger partial charge in [-0.2, -0.15) is 0 Å². The molecule has 1 rings (SSSR count). The molecule has 16 heavy (non-hydrogen) atoms.